The fourth-order valence-electron chi connectivity index (χ4n) is 2.04. The number of hydrogen-bond donors (Lipinski definition) is 0. The third-order valence-corrected chi connectivity index (χ3v) is 2.85. The first kappa shape index (κ1) is 10.0. The predicted molar refractivity (Wildman–Crippen MR) is 52.3 cm³/mol. The Bertz CT molecular complexity index is 138. The second-order valence-corrected chi connectivity index (χ2v) is 4.91. The average Bonchev–Trinajstić information content (AvgIpc) is 1.92. The Morgan fingerprint density at radius 3 is 2.42 bits per heavy atom. The largest absolute Gasteiger partial charge is 0.375 e. The number of ether oxygens (including phenoxy) is 1. The molecular weight excluding hydrogens is 148 g/mol. The van der Waals surface area contributed by atoms with Gasteiger partial charge in [-0.3, -0.25) is 0 Å². The van der Waals surface area contributed by atoms with Gasteiger partial charge in [0.1, 0.15) is 0 Å². The van der Waals surface area contributed by atoms with Crippen molar-refractivity contribution in [3.05, 3.63) is 0 Å². The minimum atomic E-state index is 0.382. The Morgan fingerprint density at radius 1 is 1.25 bits per heavy atom. The highest BCUT2D eigenvalue weighted by molar-refractivity contribution is 4.83. The van der Waals surface area contributed by atoms with E-state index in [1.165, 1.54) is 25.7 Å². The summed E-state index contributed by atoms with van der Waals surface area (Å²) in [6.07, 6.45) is 6.18. The molecule has 0 aromatic heterocycles. The molecule has 72 valence electrons. The van der Waals surface area contributed by atoms with Crippen LogP contribution in [0.2, 0.25) is 0 Å². The van der Waals surface area contributed by atoms with E-state index in [0.717, 1.165) is 0 Å². The predicted octanol–water partition coefficient (Wildman–Crippen LogP) is 3.38. The highest BCUT2D eigenvalue weighted by Gasteiger charge is 2.33. The van der Waals surface area contributed by atoms with Crippen LogP contribution < -0.4 is 0 Å². The van der Waals surface area contributed by atoms with Gasteiger partial charge in [-0.1, -0.05) is 26.7 Å². The van der Waals surface area contributed by atoms with Crippen molar-refractivity contribution in [3.8, 4) is 0 Å². The summed E-state index contributed by atoms with van der Waals surface area (Å²) >= 11 is 0. The highest BCUT2D eigenvalue weighted by atomic mass is 16.5. The number of hydrogen-bond acceptors (Lipinski definition) is 1. The molecule has 1 nitrogen and oxygen atoms in total. The zero-order chi connectivity index (χ0) is 9.19. The summed E-state index contributed by atoms with van der Waals surface area (Å²) < 4.78 is 5.91. The van der Waals surface area contributed by atoms with E-state index in [-0.39, 0.29) is 0 Å². The molecular formula is C11H22O. The lowest BCUT2D eigenvalue weighted by Gasteiger charge is -2.39. The van der Waals surface area contributed by atoms with Gasteiger partial charge in [-0.15, -0.1) is 0 Å². The average molecular weight is 170 g/mol. The topological polar surface area (TPSA) is 9.23 Å². The quantitative estimate of drug-likeness (QED) is 0.617. The summed E-state index contributed by atoms with van der Waals surface area (Å²) in [6, 6.07) is 0. The van der Waals surface area contributed by atoms with Gasteiger partial charge in [-0.2, -0.15) is 0 Å². The van der Waals surface area contributed by atoms with Gasteiger partial charge in [-0.25, -0.2) is 0 Å². The maximum Gasteiger partial charge on any atom is 0.0629 e. The van der Waals surface area contributed by atoms with Crippen LogP contribution in [0.15, 0.2) is 0 Å². The number of rotatable bonds is 2. The Morgan fingerprint density at radius 2 is 1.92 bits per heavy atom. The summed E-state index contributed by atoms with van der Waals surface area (Å²) in [6.45, 7) is 8.92. The Labute approximate surface area is 76.5 Å². The SMILES string of the molecule is CC(C)O[C@H]1CCCCC1(C)C. The van der Waals surface area contributed by atoms with Crippen LogP contribution in [-0.2, 0) is 4.74 Å². The van der Waals surface area contributed by atoms with E-state index in [2.05, 4.69) is 27.7 Å². The molecule has 12 heavy (non-hydrogen) atoms. The van der Waals surface area contributed by atoms with E-state index < -0.39 is 0 Å². The van der Waals surface area contributed by atoms with Crippen LogP contribution in [0.1, 0.15) is 53.4 Å². The normalized spacial score (nSPS) is 29.2. The Hall–Kier alpha value is -0.0400. The molecule has 1 atom stereocenters. The first-order valence-corrected chi connectivity index (χ1v) is 5.18. The standard InChI is InChI=1S/C11H22O/c1-9(2)12-10-7-5-6-8-11(10,3)4/h9-10H,5-8H2,1-4H3/t10-/m0/s1. The van der Waals surface area contributed by atoms with Crippen molar-refractivity contribution in [2.24, 2.45) is 5.41 Å². The van der Waals surface area contributed by atoms with Crippen molar-refractivity contribution < 1.29 is 4.74 Å². The Balaban J connectivity index is 2.48. The van der Waals surface area contributed by atoms with Crippen LogP contribution in [0, 0.1) is 5.41 Å². The smallest absolute Gasteiger partial charge is 0.0629 e. The van der Waals surface area contributed by atoms with E-state index >= 15 is 0 Å². The lowest BCUT2D eigenvalue weighted by Crippen LogP contribution is -2.36. The van der Waals surface area contributed by atoms with Crippen LogP contribution in [0.3, 0.4) is 0 Å². The second-order valence-electron chi connectivity index (χ2n) is 4.91. The van der Waals surface area contributed by atoms with Gasteiger partial charge in [0.15, 0.2) is 0 Å². The fourth-order valence-corrected chi connectivity index (χ4v) is 2.04. The molecule has 0 heterocycles. The zero-order valence-electron chi connectivity index (χ0n) is 8.89. The van der Waals surface area contributed by atoms with Gasteiger partial charge in [0.05, 0.1) is 12.2 Å². The molecule has 0 bridgehead atoms. The van der Waals surface area contributed by atoms with E-state index in [1.54, 1.807) is 0 Å². The van der Waals surface area contributed by atoms with Gasteiger partial charge in [0, 0.05) is 0 Å². The molecule has 1 aliphatic carbocycles. The van der Waals surface area contributed by atoms with E-state index in [4.69, 9.17) is 4.74 Å². The minimum absolute atomic E-state index is 0.382. The molecule has 1 heteroatoms. The molecule has 1 fully saturated rings. The van der Waals surface area contributed by atoms with Gasteiger partial charge in [-0.05, 0) is 32.1 Å². The second kappa shape index (κ2) is 3.78. The third-order valence-electron chi connectivity index (χ3n) is 2.85. The van der Waals surface area contributed by atoms with Crippen LogP contribution in [0.4, 0.5) is 0 Å². The molecule has 0 unspecified atom stereocenters. The lowest BCUT2D eigenvalue weighted by molar-refractivity contribution is -0.0788. The van der Waals surface area contributed by atoms with E-state index in [9.17, 15) is 0 Å². The molecule has 0 saturated heterocycles. The molecule has 1 aliphatic rings. The van der Waals surface area contributed by atoms with Crippen molar-refractivity contribution in [3.63, 3.8) is 0 Å². The van der Waals surface area contributed by atoms with Crippen molar-refractivity contribution in [1.82, 2.24) is 0 Å². The summed E-state index contributed by atoms with van der Waals surface area (Å²) in [4.78, 5) is 0. The van der Waals surface area contributed by atoms with Gasteiger partial charge in [0.25, 0.3) is 0 Å². The van der Waals surface area contributed by atoms with Crippen molar-refractivity contribution in [2.75, 3.05) is 0 Å². The van der Waals surface area contributed by atoms with Gasteiger partial charge >= 0.3 is 0 Å². The molecule has 0 N–H and O–H groups in total. The molecule has 0 aliphatic heterocycles. The van der Waals surface area contributed by atoms with Crippen LogP contribution in [0.25, 0.3) is 0 Å². The molecule has 0 radical (unpaired) electrons. The van der Waals surface area contributed by atoms with E-state index in [1.807, 2.05) is 0 Å². The highest BCUT2D eigenvalue weighted by Crippen LogP contribution is 2.37. The lowest BCUT2D eigenvalue weighted by atomic mass is 9.75. The molecule has 1 rings (SSSR count). The van der Waals surface area contributed by atoms with Crippen molar-refractivity contribution in [1.29, 1.82) is 0 Å². The first-order chi connectivity index (χ1) is 5.52. The van der Waals surface area contributed by atoms with Crippen LogP contribution in [-0.4, -0.2) is 12.2 Å². The molecule has 1 saturated carbocycles. The molecule has 0 amide bonds. The van der Waals surface area contributed by atoms with Crippen LogP contribution >= 0.6 is 0 Å². The molecule has 0 aromatic carbocycles. The van der Waals surface area contributed by atoms with Gasteiger partial charge < -0.3 is 4.74 Å². The molecule has 0 aromatic rings. The summed E-state index contributed by atoms with van der Waals surface area (Å²) in [7, 11) is 0. The zero-order valence-corrected chi connectivity index (χ0v) is 8.89. The summed E-state index contributed by atoms with van der Waals surface area (Å²) in [5, 5.41) is 0. The fraction of sp³-hybridized carbons (Fsp3) is 1.00. The van der Waals surface area contributed by atoms with Crippen molar-refractivity contribution in [2.45, 2.75) is 65.6 Å². The van der Waals surface area contributed by atoms with Crippen molar-refractivity contribution >= 4 is 0 Å². The maximum absolute atomic E-state index is 5.91. The third kappa shape index (κ3) is 2.48. The summed E-state index contributed by atoms with van der Waals surface area (Å²) in [5.41, 5.74) is 0.405. The minimum Gasteiger partial charge on any atom is -0.375 e. The maximum atomic E-state index is 5.91. The molecule has 0 spiro atoms. The van der Waals surface area contributed by atoms with Crippen LogP contribution in [0.5, 0.6) is 0 Å². The van der Waals surface area contributed by atoms with E-state index in [0.29, 0.717) is 17.6 Å². The Kier molecular flexibility index (Phi) is 3.16. The monoisotopic (exact) mass is 170 g/mol. The van der Waals surface area contributed by atoms with Gasteiger partial charge in [0.2, 0.25) is 0 Å². The summed E-state index contributed by atoms with van der Waals surface area (Å²) in [5.74, 6) is 0. The first-order valence-electron chi connectivity index (χ1n) is 5.18.